The van der Waals surface area contributed by atoms with Crippen molar-refractivity contribution < 1.29 is 0 Å². The van der Waals surface area contributed by atoms with Crippen molar-refractivity contribution in [3.05, 3.63) is 212 Å². The third-order valence-corrected chi connectivity index (χ3v) is 12.5. The molecule has 0 radical (unpaired) electrons. The minimum Gasteiger partial charge on any atom is -0.310 e. The molecule has 0 aliphatic rings. The Morgan fingerprint density at radius 3 is 1.64 bits per heavy atom. The van der Waals surface area contributed by atoms with Gasteiger partial charge in [-0.25, -0.2) is 0 Å². The molecule has 1 aromatic heterocycles. The van der Waals surface area contributed by atoms with Crippen LogP contribution in [0.5, 0.6) is 0 Å². The number of hydrogen-bond donors (Lipinski definition) is 0. The van der Waals surface area contributed by atoms with Gasteiger partial charge in [-0.15, -0.1) is 11.3 Å². The molecule has 0 fully saturated rings. The van der Waals surface area contributed by atoms with Gasteiger partial charge in [0.1, 0.15) is 0 Å². The first-order valence-corrected chi connectivity index (χ1v) is 20.0. The molecular formula is C54H35NS. The van der Waals surface area contributed by atoms with Crippen molar-refractivity contribution >= 4 is 80.9 Å². The Morgan fingerprint density at radius 2 is 0.875 bits per heavy atom. The van der Waals surface area contributed by atoms with E-state index in [2.05, 4.69) is 217 Å². The largest absolute Gasteiger partial charge is 0.310 e. The average Bonchev–Trinajstić information content (AvgIpc) is 3.66. The normalized spacial score (nSPS) is 11.6. The van der Waals surface area contributed by atoms with Crippen LogP contribution in [-0.4, -0.2) is 0 Å². The lowest BCUT2D eigenvalue weighted by atomic mass is 9.90. The fourth-order valence-corrected chi connectivity index (χ4v) is 9.81. The minimum absolute atomic E-state index is 1.11. The smallest absolute Gasteiger partial charge is 0.0468 e. The van der Waals surface area contributed by atoms with Crippen LogP contribution in [-0.2, 0) is 0 Å². The molecule has 0 atom stereocenters. The molecule has 11 rings (SSSR count). The Bertz CT molecular complexity index is 3230. The van der Waals surface area contributed by atoms with Crippen molar-refractivity contribution in [1.82, 2.24) is 0 Å². The van der Waals surface area contributed by atoms with Crippen LogP contribution >= 0.6 is 11.3 Å². The van der Waals surface area contributed by atoms with Gasteiger partial charge in [0.25, 0.3) is 0 Å². The van der Waals surface area contributed by atoms with Gasteiger partial charge < -0.3 is 4.90 Å². The third kappa shape index (κ3) is 5.46. The zero-order valence-corrected chi connectivity index (χ0v) is 31.4. The second-order valence-electron chi connectivity index (χ2n) is 14.5. The highest BCUT2D eigenvalue weighted by atomic mass is 32.1. The predicted octanol–water partition coefficient (Wildman–Crippen LogP) is 16.0. The standard InChI is InChI=1S/C54H35NS/c1-2-13-40(14-3-1)53-47-17-7-5-12-37(47)25-32-48(53)39-23-29-43(30-24-39)55(42-27-21-38(22-28-42)46-19-10-15-36-11-4-6-16-45(36)46)44-31-34-49-41(35-44)26-33-51-50-18-8-9-20-52(50)56-54(49)51/h1-35H. The number of hydrogen-bond acceptors (Lipinski definition) is 2. The first-order chi connectivity index (χ1) is 27.8. The molecule has 0 aliphatic heterocycles. The predicted molar refractivity (Wildman–Crippen MR) is 243 cm³/mol. The van der Waals surface area contributed by atoms with Gasteiger partial charge in [0.2, 0.25) is 0 Å². The van der Waals surface area contributed by atoms with Gasteiger partial charge in [0, 0.05) is 37.2 Å². The number of benzene rings is 10. The lowest BCUT2D eigenvalue weighted by molar-refractivity contribution is 1.29. The lowest BCUT2D eigenvalue weighted by Gasteiger charge is -2.26. The molecule has 0 N–H and O–H groups in total. The summed E-state index contributed by atoms with van der Waals surface area (Å²) in [6.07, 6.45) is 0. The van der Waals surface area contributed by atoms with Crippen molar-refractivity contribution in [3.63, 3.8) is 0 Å². The average molecular weight is 730 g/mol. The fourth-order valence-electron chi connectivity index (χ4n) is 8.57. The maximum absolute atomic E-state index is 2.39. The van der Waals surface area contributed by atoms with Crippen LogP contribution in [0.1, 0.15) is 0 Å². The van der Waals surface area contributed by atoms with Crippen LogP contribution in [0.4, 0.5) is 17.1 Å². The molecule has 10 aromatic carbocycles. The number of nitrogens with zero attached hydrogens (tertiary/aromatic N) is 1. The van der Waals surface area contributed by atoms with Gasteiger partial charge in [-0.1, -0.05) is 170 Å². The maximum Gasteiger partial charge on any atom is 0.0468 e. The Hall–Kier alpha value is -7.00. The van der Waals surface area contributed by atoms with Gasteiger partial charge in [-0.2, -0.15) is 0 Å². The summed E-state index contributed by atoms with van der Waals surface area (Å²) in [4.78, 5) is 2.39. The van der Waals surface area contributed by atoms with Crippen molar-refractivity contribution in [2.45, 2.75) is 0 Å². The topological polar surface area (TPSA) is 3.24 Å². The Kier molecular flexibility index (Phi) is 7.75. The molecule has 1 nitrogen and oxygen atoms in total. The molecule has 56 heavy (non-hydrogen) atoms. The maximum atomic E-state index is 2.39. The van der Waals surface area contributed by atoms with Crippen LogP contribution < -0.4 is 4.90 Å². The second-order valence-corrected chi connectivity index (χ2v) is 15.5. The van der Waals surface area contributed by atoms with Gasteiger partial charge >= 0.3 is 0 Å². The summed E-state index contributed by atoms with van der Waals surface area (Å²) in [6.45, 7) is 0. The summed E-state index contributed by atoms with van der Waals surface area (Å²) in [7, 11) is 0. The van der Waals surface area contributed by atoms with Crippen LogP contribution in [0.3, 0.4) is 0 Å². The molecule has 262 valence electrons. The summed E-state index contributed by atoms with van der Waals surface area (Å²) < 4.78 is 2.67. The van der Waals surface area contributed by atoms with Crippen LogP contribution in [0.15, 0.2) is 212 Å². The number of rotatable bonds is 6. The fraction of sp³-hybridized carbons (Fsp3) is 0. The molecule has 0 saturated carbocycles. The molecule has 0 aliphatic carbocycles. The van der Waals surface area contributed by atoms with Crippen LogP contribution in [0.2, 0.25) is 0 Å². The van der Waals surface area contributed by atoms with E-state index in [1.54, 1.807) is 0 Å². The summed E-state index contributed by atoms with van der Waals surface area (Å²) in [5.74, 6) is 0. The highest BCUT2D eigenvalue weighted by Crippen LogP contribution is 2.44. The van der Waals surface area contributed by atoms with E-state index < -0.39 is 0 Å². The minimum atomic E-state index is 1.11. The van der Waals surface area contributed by atoms with Gasteiger partial charge in [0.05, 0.1) is 0 Å². The van der Waals surface area contributed by atoms with Crippen molar-refractivity contribution in [2.24, 2.45) is 0 Å². The number of fused-ring (bicyclic) bond motifs is 7. The monoisotopic (exact) mass is 729 g/mol. The molecule has 0 unspecified atom stereocenters. The van der Waals surface area contributed by atoms with Crippen LogP contribution in [0, 0.1) is 0 Å². The zero-order valence-electron chi connectivity index (χ0n) is 30.6. The summed E-state index contributed by atoms with van der Waals surface area (Å²) in [6, 6.07) is 77.7. The van der Waals surface area contributed by atoms with Gasteiger partial charge in [-0.3, -0.25) is 0 Å². The van der Waals surface area contributed by atoms with E-state index in [0.29, 0.717) is 0 Å². The third-order valence-electron chi connectivity index (χ3n) is 11.3. The van der Waals surface area contributed by atoms with E-state index >= 15 is 0 Å². The van der Waals surface area contributed by atoms with E-state index in [1.165, 1.54) is 85.9 Å². The molecular weight excluding hydrogens is 695 g/mol. The van der Waals surface area contributed by atoms with Gasteiger partial charge in [-0.05, 0) is 108 Å². The molecule has 11 aromatic rings. The Morgan fingerprint density at radius 1 is 0.304 bits per heavy atom. The van der Waals surface area contributed by atoms with E-state index in [4.69, 9.17) is 0 Å². The Labute approximate surface area is 330 Å². The van der Waals surface area contributed by atoms with E-state index in [1.807, 2.05) is 11.3 Å². The first kappa shape index (κ1) is 32.4. The molecule has 0 bridgehead atoms. The molecule has 1 heterocycles. The first-order valence-electron chi connectivity index (χ1n) is 19.2. The zero-order chi connectivity index (χ0) is 37.0. The SMILES string of the molecule is c1ccc(-c2c(-c3ccc(N(c4ccc(-c5cccc6ccccc56)cc4)c4ccc5c(ccc6c7ccccc7sc56)c4)cc3)ccc3ccccc23)cc1. The van der Waals surface area contributed by atoms with E-state index in [0.717, 1.165) is 17.1 Å². The van der Waals surface area contributed by atoms with E-state index in [-0.39, 0.29) is 0 Å². The van der Waals surface area contributed by atoms with Crippen molar-refractivity contribution in [3.8, 4) is 33.4 Å². The van der Waals surface area contributed by atoms with Crippen LogP contribution in [0.25, 0.3) is 85.9 Å². The van der Waals surface area contributed by atoms with Crippen molar-refractivity contribution in [2.75, 3.05) is 4.90 Å². The lowest BCUT2D eigenvalue weighted by Crippen LogP contribution is -2.09. The quantitative estimate of drug-likeness (QED) is 0.165. The summed E-state index contributed by atoms with van der Waals surface area (Å²) in [5.41, 5.74) is 10.7. The van der Waals surface area contributed by atoms with E-state index in [9.17, 15) is 0 Å². The van der Waals surface area contributed by atoms with Gasteiger partial charge in [0.15, 0.2) is 0 Å². The Balaban J connectivity index is 1.05. The highest BCUT2D eigenvalue weighted by molar-refractivity contribution is 7.26. The second kappa shape index (κ2) is 13.4. The summed E-state index contributed by atoms with van der Waals surface area (Å²) in [5, 5.41) is 10.2. The highest BCUT2D eigenvalue weighted by Gasteiger charge is 2.17. The molecule has 0 spiro atoms. The molecule has 2 heteroatoms. The number of anilines is 3. The molecule has 0 amide bonds. The number of thiophene rings is 1. The summed E-state index contributed by atoms with van der Waals surface area (Å²) >= 11 is 1.88. The molecule has 0 saturated heterocycles. The van der Waals surface area contributed by atoms with Crippen molar-refractivity contribution in [1.29, 1.82) is 0 Å².